The van der Waals surface area contributed by atoms with Crippen LogP contribution in [0.1, 0.15) is 55.5 Å². The number of aryl methyl sites for hydroxylation is 2. The molecule has 0 atom stereocenters. The molecule has 0 bridgehead atoms. The molecule has 33 heavy (non-hydrogen) atoms. The summed E-state index contributed by atoms with van der Waals surface area (Å²) in [6, 6.07) is 15.1. The minimum absolute atomic E-state index is 0.0644. The topological polar surface area (TPSA) is 76.7 Å². The molecule has 0 unspecified atom stereocenters. The van der Waals surface area contributed by atoms with E-state index >= 15 is 0 Å². The zero-order valence-electron chi connectivity index (χ0n) is 19.4. The summed E-state index contributed by atoms with van der Waals surface area (Å²) in [6.45, 7) is 8.71. The second kappa shape index (κ2) is 9.36. The van der Waals surface area contributed by atoms with E-state index < -0.39 is 0 Å². The molecular formula is C27H28N2O4. The van der Waals surface area contributed by atoms with Gasteiger partial charge in [-0.05, 0) is 79.8 Å². The second-order valence-corrected chi connectivity index (χ2v) is 8.31. The quantitative estimate of drug-likeness (QED) is 0.497. The van der Waals surface area contributed by atoms with Gasteiger partial charge in [-0.25, -0.2) is 0 Å². The Morgan fingerprint density at radius 2 is 1.67 bits per heavy atom. The molecule has 0 aromatic heterocycles. The van der Waals surface area contributed by atoms with Crippen molar-refractivity contribution in [1.29, 1.82) is 0 Å². The van der Waals surface area contributed by atoms with Gasteiger partial charge in [0.15, 0.2) is 17.3 Å². The van der Waals surface area contributed by atoms with Gasteiger partial charge in [0, 0.05) is 24.3 Å². The number of amides is 1. The summed E-state index contributed by atoms with van der Waals surface area (Å²) in [5.74, 6) is 1.30. The predicted octanol–water partition coefficient (Wildman–Crippen LogP) is 5.09. The average molecular weight is 445 g/mol. The van der Waals surface area contributed by atoms with Crippen molar-refractivity contribution in [2.75, 3.05) is 12.1 Å². The van der Waals surface area contributed by atoms with E-state index in [1.165, 1.54) is 0 Å². The number of para-hydroxylation sites is 1. The number of fused-ring (bicyclic) bond motifs is 1. The lowest BCUT2D eigenvalue weighted by molar-refractivity contribution is 0.0950. The Labute approximate surface area is 193 Å². The Bertz CT molecular complexity index is 1230. The first-order valence-electron chi connectivity index (χ1n) is 11.0. The first-order valence-corrected chi connectivity index (χ1v) is 11.0. The Morgan fingerprint density at radius 3 is 2.45 bits per heavy atom. The molecule has 4 rings (SSSR count). The minimum atomic E-state index is -0.169. The molecule has 1 aliphatic heterocycles. The van der Waals surface area contributed by atoms with Gasteiger partial charge in [-0.3, -0.25) is 9.59 Å². The van der Waals surface area contributed by atoms with E-state index in [0.717, 1.165) is 39.1 Å². The Balaban J connectivity index is 1.48. The van der Waals surface area contributed by atoms with Gasteiger partial charge in [0.05, 0.1) is 5.56 Å². The smallest absolute Gasteiger partial charge is 0.253 e. The van der Waals surface area contributed by atoms with Crippen LogP contribution in [0.2, 0.25) is 0 Å². The number of carbonyl (C=O) groups excluding carboxylic acids is 2. The minimum Gasteiger partial charge on any atom is -0.454 e. The summed E-state index contributed by atoms with van der Waals surface area (Å²) in [5, 5.41) is 6.38. The summed E-state index contributed by atoms with van der Waals surface area (Å²) >= 11 is 0. The van der Waals surface area contributed by atoms with Crippen LogP contribution in [-0.2, 0) is 13.1 Å². The van der Waals surface area contributed by atoms with Gasteiger partial charge in [-0.15, -0.1) is 0 Å². The maximum absolute atomic E-state index is 13.0. The molecule has 6 heteroatoms. The summed E-state index contributed by atoms with van der Waals surface area (Å²) in [4.78, 5) is 25.1. The lowest BCUT2D eigenvalue weighted by atomic mass is 9.91. The first-order chi connectivity index (χ1) is 15.8. The normalized spacial score (nSPS) is 11.9. The standard InChI is InChI=1S/C27H28N2O4/c1-16-11-17(2)26(19(4)30)18(3)22(16)14-28-23-8-6-5-7-21(23)27(31)29-13-20-9-10-24-25(12-20)33-15-32-24/h5-12,28H,13-15H2,1-4H3,(H,29,31). The molecule has 3 aromatic carbocycles. The van der Waals surface area contributed by atoms with Crippen LogP contribution in [0, 0.1) is 20.8 Å². The zero-order valence-corrected chi connectivity index (χ0v) is 19.4. The number of anilines is 1. The van der Waals surface area contributed by atoms with Crippen LogP contribution in [0.25, 0.3) is 0 Å². The van der Waals surface area contributed by atoms with E-state index in [0.29, 0.717) is 30.2 Å². The van der Waals surface area contributed by atoms with Crippen LogP contribution in [0.4, 0.5) is 5.69 Å². The molecule has 0 fully saturated rings. The van der Waals surface area contributed by atoms with E-state index in [9.17, 15) is 9.59 Å². The number of carbonyl (C=O) groups is 2. The van der Waals surface area contributed by atoms with E-state index in [4.69, 9.17) is 9.47 Å². The van der Waals surface area contributed by atoms with Gasteiger partial charge in [0.2, 0.25) is 6.79 Å². The molecule has 0 spiro atoms. The Kier molecular flexibility index (Phi) is 6.36. The highest BCUT2D eigenvalue weighted by Crippen LogP contribution is 2.32. The third-order valence-corrected chi connectivity index (χ3v) is 6.00. The first kappa shape index (κ1) is 22.4. The van der Waals surface area contributed by atoms with Gasteiger partial charge in [-0.1, -0.05) is 24.3 Å². The summed E-state index contributed by atoms with van der Waals surface area (Å²) in [7, 11) is 0. The van der Waals surface area contributed by atoms with E-state index in [2.05, 4.69) is 10.6 Å². The van der Waals surface area contributed by atoms with Crippen LogP contribution in [0.5, 0.6) is 11.5 Å². The number of benzene rings is 3. The highest BCUT2D eigenvalue weighted by molar-refractivity contribution is 5.99. The molecule has 6 nitrogen and oxygen atoms in total. The van der Waals surface area contributed by atoms with Crippen LogP contribution < -0.4 is 20.1 Å². The Hall–Kier alpha value is -3.80. The fourth-order valence-electron chi connectivity index (χ4n) is 4.39. The molecule has 0 radical (unpaired) electrons. The van der Waals surface area contributed by atoms with Crippen molar-refractivity contribution >= 4 is 17.4 Å². The van der Waals surface area contributed by atoms with Gasteiger partial charge in [0.25, 0.3) is 5.91 Å². The summed E-state index contributed by atoms with van der Waals surface area (Å²) < 4.78 is 10.7. The molecule has 0 saturated carbocycles. The fourth-order valence-corrected chi connectivity index (χ4v) is 4.39. The van der Waals surface area contributed by atoms with Crippen LogP contribution in [-0.4, -0.2) is 18.5 Å². The summed E-state index contributed by atoms with van der Waals surface area (Å²) in [6.07, 6.45) is 0. The molecule has 1 aliphatic rings. The molecule has 170 valence electrons. The highest BCUT2D eigenvalue weighted by Gasteiger charge is 2.17. The second-order valence-electron chi connectivity index (χ2n) is 8.31. The van der Waals surface area contributed by atoms with Crippen molar-refractivity contribution in [3.63, 3.8) is 0 Å². The van der Waals surface area contributed by atoms with E-state index in [1.807, 2.05) is 63.2 Å². The van der Waals surface area contributed by atoms with Crippen LogP contribution in [0.3, 0.4) is 0 Å². The third-order valence-electron chi connectivity index (χ3n) is 6.00. The number of hydrogen-bond donors (Lipinski definition) is 2. The van der Waals surface area contributed by atoms with E-state index in [-0.39, 0.29) is 18.5 Å². The van der Waals surface area contributed by atoms with Crippen molar-refractivity contribution in [3.05, 3.63) is 87.5 Å². The van der Waals surface area contributed by atoms with E-state index in [1.54, 1.807) is 13.0 Å². The number of ether oxygens (including phenoxy) is 2. The summed E-state index contributed by atoms with van der Waals surface area (Å²) in [5.41, 5.74) is 7.17. The van der Waals surface area contributed by atoms with Crippen LogP contribution >= 0.6 is 0 Å². The predicted molar refractivity (Wildman–Crippen MR) is 128 cm³/mol. The number of hydrogen-bond acceptors (Lipinski definition) is 5. The molecular weight excluding hydrogens is 416 g/mol. The molecule has 0 aliphatic carbocycles. The molecule has 1 heterocycles. The molecule has 0 saturated heterocycles. The maximum Gasteiger partial charge on any atom is 0.253 e. The number of Topliss-reactive ketones (excluding diaryl/α,β-unsaturated/α-hetero) is 1. The van der Waals surface area contributed by atoms with Gasteiger partial charge >= 0.3 is 0 Å². The fraction of sp³-hybridized carbons (Fsp3) is 0.259. The van der Waals surface area contributed by atoms with Gasteiger partial charge in [-0.2, -0.15) is 0 Å². The largest absolute Gasteiger partial charge is 0.454 e. The number of ketones is 1. The molecule has 3 aromatic rings. The maximum atomic E-state index is 13.0. The van der Waals surface area contributed by atoms with Crippen molar-refractivity contribution < 1.29 is 19.1 Å². The monoisotopic (exact) mass is 444 g/mol. The lowest BCUT2D eigenvalue weighted by Crippen LogP contribution is -2.24. The highest BCUT2D eigenvalue weighted by atomic mass is 16.7. The van der Waals surface area contributed by atoms with Gasteiger partial charge in [0.1, 0.15) is 0 Å². The van der Waals surface area contributed by atoms with Crippen molar-refractivity contribution in [1.82, 2.24) is 5.32 Å². The number of rotatable bonds is 7. The number of nitrogens with one attached hydrogen (secondary N) is 2. The SMILES string of the molecule is CC(=O)c1c(C)cc(C)c(CNc2ccccc2C(=O)NCc2ccc3c(c2)OCO3)c1C. The van der Waals surface area contributed by atoms with Crippen molar-refractivity contribution in [2.24, 2.45) is 0 Å². The average Bonchev–Trinajstić information content (AvgIpc) is 3.25. The zero-order chi connectivity index (χ0) is 23.5. The van der Waals surface area contributed by atoms with Crippen molar-refractivity contribution in [3.8, 4) is 11.5 Å². The van der Waals surface area contributed by atoms with Crippen molar-refractivity contribution in [2.45, 2.75) is 40.8 Å². The third kappa shape index (κ3) is 4.70. The van der Waals surface area contributed by atoms with Gasteiger partial charge < -0.3 is 20.1 Å². The molecule has 1 amide bonds. The van der Waals surface area contributed by atoms with Crippen LogP contribution in [0.15, 0.2) is 48.5 Å². The molecule has 2 N–H and O–H groups in total. The Morgan fingerprint density at radius 1 is 0.909 bits per heavy atom. The lowest BCUT2D eigenvalue weighted by Gasteiger charge is -2.18.